The van der Waals surface area contributed by atoms with Crippen LogP contribution in [0.25, 0.3) is 99.0 Å². The Morgan fingerprint density at radius 1 is 0.400 bits per heavy atom. The molecular formula is C50H33N3O2. The van der Waals surface area contributed by atoms with Crippen molar-refractivity contribution in [2.45, 2.75) is 19.3 Å². The third-order valence-corrected chi connectivity index (χ3v) is 11.5. The van der Waals surface area contributed by atoms with Gasteiger partial charge < -0.3 is 18.0 Å². The second-order valence-electron chi connectivity index (χ2n) is 14.6. The molecule has 12 rings (SSSR count). The average molecular weight is 708 g/mol. The fourth-order valence-electron chi connectivity index (χ4n) is 9.04. The van der Waals surface area contributed by atoms with E-state index in [-0.39, 0.29) is 0 Å². The van der Waals surface area contributed by atoms with Gasteiger partial charge in [0, 0.05) is 43.9 Å². The smallest absolute Gasteiger partial charge is 0.177 e. The summed E-state index contributed by atoms with van der Waals surface area (Å²) in [4.78, 5) is 4.72. The first kappa shape index (κ1) is 30.4. The van der Waals surface area contributed by atoms with Crippen molar-refractivity contribution in [1.29, 1.82) is 0 Å². The van der Waals surface area contributed by atoms with Crippen LogP contribution in [0, 0.1) is 0 Å². The van der Waals surface area contributed by atoms with Crippen molar-refractivity contribution >= 4 is 87.6 Å². The lowest BCUT2D eigenvalue weighted by atomic mass is 10.0. The molecule has 12 aromatic rings. The first-order valence-electron chi connectivity index (χ1n) is 19.0. The summed E-state index contributed by atoms with van der Waals surface area (Å²) >= 11 is 0. The Kier molecular flexibility index (Phi) is 6.46. The topological polar surface area (TPSA) is 49.0 Å². The van der Waals surface area contributed by atoms with Crippen molar-refractivity contribution in [3.8, 4) is 11.4 Å². The van der Waals surface area contributed by atoms with E-state index in [1.165, 1.54) is 49.1 Å². The van der Waals surface area contributed by atoms with Crippen molar-refractivity contribution in [3.63, 3.8) is 0 Å². The molecule has 0 spiro atoms. The summed E-state index contributed by atoms with van der Waals surface area (Å²) in [6, 6.07) is 56.3. The van der Waals surface area contributed by atoms with Crippen molar-refractivity contribution in [1.82, 2.24) is 14.1 Å². The summed E-state index contributed by atoms with van der Waals surface area (Å²) in [5, 5.41) is 8.32. The molecule has 7 aromatic carbocycles. The molecule has 0 amide bonds. The molecule has 0 bridgehead atoms. The van der Waals surface area contributed by atoms with Gasteiger partial charge in [-0.3, -0.25) is 4.98 Å². The van der Waals surface area contributed by atoms with Crippen LogP contribution in [0.4, 0.5) is 0 Å². The lowest BCUT2D eigenvalue weighted by molar-refractivity contribution is 0.665. The molecule has 5 heterocycles. The van der Waals surface area contributed by atoms with Crippen LogP contribution < -0.4 is 0 Å². The Morgan fingerprint density at radius 3 is 1.65 bits per heavy atom. The maximum Gasteiger partial charge on any atom is 0.177 e. The Labute approximate surface area is 315 Å². The number of furan rings is 2. The number of fused-ring (bicyclic) bond motifs is 12. The third kappa shape index (κ3) is 4.50. The Hall–Kier alpha value is -7.11. The van der Waals surface area contributed by atoms with Crippen LogP contribution in [-0.4, -0.2) is 14.1 Å². The normalized spacial score (nSPS) is 12.2. The lowest BCUT2D eigenvalue weighted by Crippen LogP contribution is -1.95. The summed E-state index contributed by atoms with van der Waals surface area (Å²) in [5.41, 5.74) is 13.8. The summed E-state index contributed by atoms with van der Waals surface area (Å²) < 4.78 is 17.8. The van der Waals surface area contributed by atoms with E-state index in [9.17, 15) is 0 Å². The maximum absolute atomic E-state index is 6.65. The summed E-state index contributed by atoms with van der Waals surface area (Å²) in [7, 11) is 0. The fraction of sp³-hybridized carbons (Fsp3) is 0.0600. The van der Waals surface area contributed by atoms with Gasteiger partial charge in [0.15, 0.2) is 11.2 Å². The number of hydrogen-bond donors (Lipinski definition) is 0. The van der Waals surface area contributed by atoms with Gasteiger partial charge in [-0.15, -0.1) is 0 Å². The van der Waals surface area contributed by atoms with Gasteiger partial charge in [0.1, 0.15) is 16.7 Å². The summed E-state index contributed by atoms with van der Waals surface area (Å²) in [6.45, 7) is 0. The lowest BCUT2D eigenvalue weighted by Gasteiger charge is -2.09. The summed E-state index contributed by atoms with van der Waals surface area (Å²) in [6.07, 6.45) is 4.90. The molecule has 0 N–H and O–H groups in total. The van der Waals surface area contributed by atoms with E-state index in [1.807, 2.05) is 24.4 Å². The molecule has 0 saturated carbocycles. The van der Waals surface area contributed by atoms with Gasteiger partial charge in [-0.2, -0.15) is 0 Å². The van der Waals surface area contributed by atoms with Gasteiger partial charge in [0.25, 0.3) is 0 Å². The molecule has 260 valence electrons. The summed E-state index contributed by atoms with van der Waals surface area (Å²) in [5.74, 6) is 0. The van der Waals surface area contributed by atoms with Crippen LogP contribution in [0.3, 0.4) is 0 Å². The minimum Gasteiger partial charge on any atom is -0.454 e. The number of rotatable bonds is 6. The number of benzene rings is 7. The molecular weight excluding hydrogens is 675 g/mol. The van der Waals surface area contributed by atoms with Gasteiger partial charge in [-0.1, -0.05) is 91.0 Å². The molecule has 5 nitrogen and oxygen atoms in total. The number of pyridine rings is 1. The highest BCUT2D eigenvalue weighted by Gasteiger charge is 2.20. The number of nitrogens with zero attached hydrogens (tertiary/aromatic N) is 3. The molecule has 0 saturated heterocycles. The molecule has 0 aliphatic rings. The number of aryl methyl sites for hydroxylation is 2. The molecule has 0 aliphatic carbocycles. The van der Waals surface area contributed by atoms with E-state index in [2.05, 4.69) is 149 Å². The second-order valence-corrected chi connectivity index (χ2v) is 14.6. The zero-order valence-electron chi connectivity index (χ0n) is 29.9. The Balaban J connectivity index is 0.875. The molecule has 0 unspecified atom stereocenters. The van der Waals surface area contributed by atoms with Crippen molar-refractivity contribution in [2.24, 2.45) is 0 Å². The van der Waals surface area contributed by atoms with Crippen LogP contribution in [0.15, 0.2) is 173 Å². The van der Waals surface area contributed by atoms with E-state index >= 15 is 0 Å². The zero-order valence-corrected chi connectivity index (χ0v) is 29.9. The van der Waals surface area contributed by atoms with Gasteiger partial charge in [-0.05, 0) is 97.1 Å². The highest BCUT2D eigenvalue weighted by molar-refractivity contribution is 6.14. The monoisotopic (exact) mass is 707 g/mol. The zero-order chi connectivity index (χ0) is 36.0. The minimum atomic E-state index is 0.806. The van der Waals surface area contributed by atoms with Crippen LogP contribution in [0.2, 0.25) is 0 Å². The predicted molar refractivity (Wildman–Crippen MR) is 226 cm³/mol. The molecule has 5 heteroatoms. The third-order valence-electron chi connectivity index (χ3n) is 11.5. The van der Waals surface area contributed by atoms with E-state index in [4.69, 9.17) is 13.8 Å². The van der Waals surface area contributed by atoms with Crippen LogP contribution in [0.5, 0.6) is 0 Å². The van der Waals surface area contributed by atoms with Crippen LogP contribution >= 0.6 is 0 Å². The van der Waals surface area contributed by atoms with Gasteiger partial charge >= 0.3 is 0 Å². The first-order chi connectivity index (χ1) is 27.3. The molecule has 5 aromatic heterocycles. The Bertz CT molecular complexity index is 3430. The fourth-order valence-corrected chi connectivity index (χ4v) is 9.04. The van der Waals surface area contributed by atoms with Crippen molar-refractivity contribution in [3.05, 3.63) is 175 Å². The highest BCUT2D eigenvalue weighted by Crippen LogP contribution is 2.40. The predicted octanol–water partition coefficient (Wildman–Crippen LogP) is 13.2. The molecule has 0 aliphatic heterocycles. The molecule has 0 radical (unpaired) electrons. The van der Waals surface area contributed by atoms with Crippen molar-refractivity contribution < 1.29 is 8.83 Å². The minimum absolute atomic E-state index is 0.806. The van der Waals surface area contributed by atoms with Gasteiger partial charge in [0.2, 0.25) is 0 Å². The number of para-hydroxylation sites is 5. The first-order valence-corrected chi connectivity index (χ1v) is 19.0. The maximum atomic E-state index is 6.65. The van der Waals surface area contributed by atoms with E-state index in [1.54, 1.807) is 0 Å². The van der Waals surface area contributed by atoms with Crippen molar-refractivity contribution in [2.75, 3.05) is 0 Å². The SMILES string of the molecule is c1ccc2c(c1)oc1c(-n3c4ccccc4c4cc(CCCc5ccc6oc7c(-n8c9ccccc9c9ccccc98)cccc7c6c5)ccc43)ccnc12. The Morgan fingerprint density at radius 2 is 0.927 bits per heavy atom. The van der Waals surface area contributed by atoms with E-state index in [0.717, 1.165) is 80.3 Å². The standard InChI is InChI=1S/C50H33N3O2/c1-5-18-40-33(13-1)34-14-2-6-19-41(34)52(40)44-21-10-17-36-39-30-32(24-26-47(39)54-49(36)44)12-9-11-31-23-25-43-38(29-31)35-15-3-7-20-42(35)53(43)45-27-28-51-48-37-16-4-8-22-46(37)55-50(45)48/h1-8,10,13-30H,9,11-12H2. The number of aromatic nitrogens is 3. The molecule has 0 atom stereocenters. The van der Waals surface area contributed by atoms with Crippen LogP contribution in [-0.2, 0) is 12.8 Å². The van der Waals surface area contributed by atoms with E-state index in [0.29, 0.717) is 0 Å². The number of hydrogen-bond acceptors (Lipinski definition) is 3. The average Bonchev–Trinajstić information content (AvgIpc) is 3.99. The van der Waals surface area contributed by atoms with Crippen LogP contribution in [0.1, 0.15) is 17.5 Å². The highest BCUT2D eigenvalue weighted by atomic mass is 16.3. The van der Waals surface area contributed by atoms with Gasteiger partial charge in [0.05, 0.1) is 33.4 Å². The van der Waals surface area contributed by atoms with Gasteiger partial charge in [-0.25, -0.2) is 0 Å². The second kappa shape index (κ2) is 11.7. The molecule has 0 fully saturated rings. The molecule has 55 heavy (non-hydrogen) atoms. The van der Waals surface area contributed by atoms with E-state index < -0.39 is 0 Å². The quantitative estimate of drug-likeness (QED) is 0.173. The largest absolute Gasteiger partial charge is 0.454 e.